The summed E-state index contributed by atoms with van der Waals surface area (Å²) < 4.78 is 0. The van der Waals surface area contributed by atoms with Crippen LogP contribution in [0.3, 0.4) is 0 Å². The monoisotopic (exact) mass is 343 g/mol. The van der Waals surface area contributed by atoms with Crippen molar-refractivity contribution < 1.29 is 30.1 Å². The number of hydroxylamine groups is 2. The Morgan fingerprint density at radius 2 is 1.72 bits per heavy atom. The molecule has 0 aliphatic rings. The summed E-state index contributed by atoms with van der Waals surface area (Å²) in [5, 5.41) is 38.1. The standard InChI is InChI=1S/C18H17NO6/c20-15-8-6-13(11-16(15)21)10-14(18(23)24)19(25)17(22)9-7-12-4-2-1-3-5-12/h1-9,11,14,20-21,25H,10H2,(H,23,24)/b9-7+. The summed E-state index contributed by atoms with van der Waals surface area (Å²) in [5.41, 5.74) is 1.06. The van der Waals surface area contributed by atoms with E-state index < -0.39 is 23.7 Å². The van der Waals surface area contributed by atoms with Gasteiger partial charge in [-0.1, -0.05) is 36.4 Å². The number of carboxylic acid groups (broad SMARTS) is 1. The van der Waals surface area contributed by atoms with Gasteiger partial charge in [-0.25, -0.2) is 9.86 Å². The Labute approximate surface area is 143 Å². The fourth-order valence-electron chi connectivity index (χ4n) is 2.16. The number of carbonyl (C=O) groups is 2. The van der Waals surface area contributed by atoms with E-state index in [1.807, 2.05) is 6.07 Å². The molecule has 0 bridgehead atoms. The highest BCUT2D eigenvalue weighted by molar-refractivity contribution is 5.93. The Balaban J connectivity index is 2.12. The van der Waals surface area contributed by atoms with Gasteiger partial charge in [-0.15, -0.1) is 0 Å². The molecule has 0 saturated carbocycles. The van der Waals surface area contributed by atoms with Gasteiger partial charge >= 0.3 is 5.97 Å². The van der Waals surface area contributed by atoms with E-state index in [9.17, 15) is 30.1 Å². The van der Waals surface area contributed by atoms with Crippen LogP contribution in [0.2, 0.25) is 0 Å². The molecule has 2 aromatic rings. The van der Waals surface area contributed by atoms with Crippen LogP contribution in [0.15, 0.2) is 54.6 Å². The topological polar surface area (TPSA) is 118 Å². The summed E-state index contributed by atoms with van der Waals surface area (Å²) in [6, 6.07) is 11.1. The summed E-state index contributed by atoms with van der Waals surface area (Å²) in [6.45, 7) is 0. The van der Waals surface area contributed by atoms with E-state index in [2.05, 4.69) is 0 Å². The average molecular weight is 343 g/mol. The van der Waals surface area contributed by atoms with E-state index in [0.29, 0.717) is 5.56 Å². The third-order valence-corrected chi connectivity index (χ3v) is 3.49. The molecule has 4 N–H and O–H groups in total. The van der Waals surface area contributed by atoms with E-state index in [0.717, 1.165) is 11.6 Å². The number of carboxylic acids is 1. The van der Waals surface area contributed by atoms with E-state index in [1.54, 1.807) is 24.3 Å². The summed E-state index contributed by atoms with van der Waals surface area (Å²) in [5.74, 6) is -3.06. The molecular weight excluding hydrogens is 326 g/mol. The van der Waals surface area contributed by atoms with Crippen LogP contribution in [-0.2, 0) is 16.0 Å². The molecule has 1 unspecified atom stereocenters. The second-order valence-corrected chi connectivity index (χ2v) is 5.31. The first kappa shape index (κ1) is 18.0. The molecule has 1 atom stereocenters. The van der Waals surface area contributed by atoms with Crippen molar-refractivity contribution in [1.82, 2.24) is 5.06 Å². The molecular formula is C18H17NO6. The van der Waals surface area contributed by atoms with Crippen molar-refractivity contribution in [2.45, 2.75) is 12.5 Å². The second-order valence-electron chi connectivity index (χ2n) is 5.31. The first-order valence-corrected chi connectivity index (χ1v) is 7.37. The lowest BCUT2D eigenvalue weighted by Gasteiger charge is -2.21. The molecule has 1 amide bonds. The van der Waals surface area contributed by atoms with Crippen LogP contribution in [-0.4, -0.2) is 43.5 Å². The lowest BCUT2D eigenvalue weighted by atomic mass is 10.0. The normalized spacial score (nSPS) is 12.0. The number of hydrogen-bond acceptors (Lipinski definition) is 5. The van der Waals surface area contributed by atoms with Crippen LogP contribution in [0.1, 0.15) is 11.1 Å². The summed E-state index contributed by atoms with van der Waals surface area (Å²) in [7, 11) is 0. The molecule has 2 aromatic carbocycles. The van der Waals surface area contributed by atoms with Gasteiger partial charge in [-0.3, -0.25) is 10.0 Å². The van der Waals surface area contributed by atoms with Gasteiger partial charge < -0.3 is 15.3 Å². The summed E-state index contributed by atoms with van der Waals surface area (Å²) in [4.78, 5) is 23.4. The van der Waals surface area contributed by atoms with E-state index in [4.69, 9.17) is 0 Å². The van der Waals surface area contributed by atoms with Crippen molar-refractivity contribution in [1.29, 1.82) is 0 Å². The molecule has 25 heavy (non-hydrogen) atoms. The van der Waals surface area contributed by atoms with Crippen LogP contribution in [0.25, 0.3) is 6.08 Å². The number of benzene rings is 2. The number of rotatable bonds is 6. The number of phenols is 2. The third kappa shape index (κ3) is 4.82. The zero-order valence-corrected chi connectivity index (χ0v) is 13.1. The van der Waals surface area contributed by atoms with Gasteiger partial charge in [0.1, 0.15) is 0 Å². The second kappa shape index (κ2) is 7.98. The van der Waals surface area contributed by atoms with Crippen molar-refractivity contribution >= 4 is 18.0 Å². The van der Waals surface area contributed by atoms with Crippen LogP contribution in [0, 0.1) is 0 Å². The minimum atomic E-state index is -1.54. The highest BCUT2D eigenvalue weighted by Gasteiger charge is 2.28. The SMILES string of the molecule is O=C(O)C(Cc1ccc(O)c(O)c1)N(O)C(=O)/C=C/c1ccccc1. The largest absolute Gasteiger partial charge is 0.504 e. The Morgan fingerprint density at radius 1 is 1.04 bits per heavy atom. The number of nitrogens with zero attached hydrogens (tertiary/aromatic N) is 1. The van der Waals surface area contributed by atoms with Crippen LogP contribution >= 0.6 is 0 Å². The molecule has 130 valence electrons. The maximum atomic E-state index is 12.0. The number of carbonyl (C=O) groups excluding carboxylic acids is 1. The van der Waals surface area contributed by atoms with E-state index in [1.165, 1.54) is 24.3 Å². The van der Waals surface area contributed by atoms with Gasteiger partial charge in [-0.2, -0.15) is 0 Å². The highest BCUT2D eigenvalue weighted by atomic mass is 16.5. The molecule has 0 aliphatic heterocycles. The Hall–Kier alpha value is -3.32. The van der Waals surface area contributed by atoms with Gasteiger partial charge in [0.25, 0.3) is 5.91 Å². The minimum Gasteiger partial charge on any atom is -0.504 e. The predicted octanol–water partition coefficient (Wildman–Crippen LogP) is 2.02. The van der Waals surface area contributed by atoms with Crippen molar-refractivity contribution in [2.75, 3.05) is 0 Å². The maximum Gasteiger partial charge on any atom is 0.329 e. The molecule has 0 radical (unpaired) electrons. The van der Waals surface area contributed by atoms with Crippen molar-refractivity contribution in [3.8, 4) is 11.5 Å². The Bertz CT molecular complexity index is 787. The maximum absolute atomic E-state index is 12.0. The number of hydrogen-bond donors (Lipinski definition) is 4. The van der Waals surface area contributed by atoms with Crippen LogP contribution in [0.5, 0.6) is 11.5 Å². The Kier molecular flexibility index (Phi) is 5.75. The van der Waals surface area contributed by atoms with E-state index >= 15 is 0 Å². The summed E-state index contributed by atoms with van der Waals surface area (Å²) in [6.07, 6.45) is 2.28. The van der Waals surface area contributed by atoms with Gasteiger partial charge in [0.05, 0.1) is 0 Å². The molecule has 0 heterocycles. The van der Waals surface area contributed by atoms with Crippen LogP contribution in [0.4, 0.5) is 0 Å². The van der Waals surface area contributed by atoms with Crippen molar-refractivity contribution in [3.63, 3.8) is 0 Å². The molecule has 0 aromatic heterocycles. The van der Waals surface area contributed by atoms with Crippen molar-refractivity contribution in [3.05, 3.63) is 65.7 Å². The first-order chi connectivity index (χ1) is 11.9. The number of aliphatic carboxylic acids is 1. The van der Waals surface area contributed by atoms with Gasteiger partial charge in [0.2, 0.25) is 0 Å². The number of aromatic hydroxyl groups is 2. The predicted molar refractivity (Wildman–Crippen MR) is 89.0 cm³/mol. The quantitative estimate of drug-likeness (QED) is 0.276. The molecule has 0 saturated heterocycles. The minimum absolute atomic E-state index is 0.131. The van der Waals surface area contributed by atoms with Crippen LogP contribution < -0.4 is 0 Å². The zero-order chi connectivity index (χ0) is 18.4. The molecule has 7 heteroatoms. The fraction of sp³-hybridized carbons (Fsp3) is 0.111. The molecule has 7 nitrogen and oxygen atoms in total. The summed E-state index contributed by atoms with van der Waals surface area (Å²) >= 11 is 0. The lowest BCUT2D eigenvalue weighted by Crippen LogP contribution is -2.43. The van der Waals surface area contributed by atoms with E-state index in [-0.39, 0.29) is 17.2 Å². The number of amides is 1. The average Bonchev–Trinajstić information content (AvgIpc) is 2.60. The van der Waals surface area contributed by atoms with Gasteiger partial charge in [0.15, 0.2) is 17.5 Å². The lowest BCUT2D eigenvalue weighted by molar-refractivity contribution is -0.181. The molecule has 0 spiro atoms. The number of phenolic OH excluding ortho intramolecular Hbond substituents is 2. The first-order valence-electron chi connectivity index (χ1n) is 7.37. The molecule has 0 aliphatic carbocycles. The fourth-order valence-corrected chi connectivity index (χ4v) is 2.16. The zero-order valence-electron chi connectivity index (χ0n) is 13.1. The van der Waals surface area contributed by atoms with Gasteiger partial charge in [-0.05, 0) is 29.3 Å². The third-order valence-electron chi connectivity index (χ3n) is 3.49. The Morgan fingerprint density at radius 3 is 2.32 bits per heavy atom. The smallest absolute Gasteiger partial charge is 0.329 e. The molecule has 2 rings (SSSR count). The highest BCUT2D eigenvalue weighted by Crippen LogP contribution is 2.25. The van der Waals surface area contributed by atoms with Crippen molar-refractivity contribution in [2.24, 2.45) is 0 Å². The molecule has 0 fully saturated rings. The van der Waals surface area contributed by atoms with Gasteiger partial charge in [0, 0.05) is 12.5 Å².